The summed E-state index contributed by atoms with van der Waals surface area (Å²) < 4.78 is 6.76. The summed E-state index contributed by atoms with van der Waals surface area (Å²) in [6.45, 7) is 2.99. The number of aryl methyl sites for hydroxylation is 1. The highest BCUT2D eigenvalue weighted by molar-refractivity contribution is 6.00. The third kappa shape index (κ3) is 3.94. The van der Waals surface area contributed by atoms with Crippen molar-refractivity contribution in [3.05, 3.63) is 65.5 Å². The predicted molar refractivity (Wildman–Crippen MR) is 110 cm³/mol. The molecule has 0 aliphatic carbocycles. The van der Waals surface area contributed by atoms with Crippen LogP contribution in [0.4, 0.5) is 0 Å². The van der Waals surface area contributed by atoms with Crippen LogP contribution in [0.15, 0.2) is 48.8 Å². The van der Waals surface area contributed by atoms with Gasteiger partial charge in [0, 0.05) is 30.1 Å². The highest BCUT2D eigenvalue weighted by Crippen LogP contribution is 2.26. The zero-order chi connectivity index (χ0) is 21.1. The van der Waals surface area contributed by atoms with Crippen LogP contribution in [0.3, 0.4) is 0 Å². The number of ketones is 1. The van der Waals surface area contributed by atoms with E-state index in [1.165, 1.54) is 11.0 Å². The van der Waals surface area contributed by atoms with Crippen LogP contribution in [-0.2, 0) is 0 Å². The Bertz CT molecular complexity index is 1050. The number of hydrogen-bond donors (Lipinski definition) is 0. The maximum Gasteiger partial charge on any atom is 0.253 e. The summed E-state index contributed by atoms with van der Waals surface area (Å²) in [5.41, 5.74) is 2.95. The van der Waals surface area contributed by atoms with Crippen LogP contribution in [0.25, 0.3) is 5.69 Å². The SMILES string of the molecule is COc1ccc(C(=O)[C@@H]2CCCN(C(=O)c3ccc(-n4cnnn4)cc3)C2)c(C)c1. The molecule has 8 heteroatoms. The molecule has 1 aliphatic heterocycles. The molecule has 154 valence electrons. The Labute approximate surface area is 174 Å². The van der Waals surface area contributed by atoms with E-state index in [1.54, 1.807) is 42.3 Å². The number of Topliss-reactive ketones (excluding diaryl/α,β-unsaturated/α-hetero) is 1. The number of nitrogens with zero attached hydrogens (tertiary/aromatic N) is 5. The molecular formula is C22H23N5O3. The third-order valence-electron chi connectivity index (χ3n) is 5.51. The number of hydrogen-bond acceptors (Lipinski definition) is 6. The van der Waals surface area contributed by atoms with E-state index in [9.17, 15) is 9.59 Å². The molecule has 1 aromatic heterocycles. The summed E-state index contributed by atoms with van der Waals surface area (Å²) in [6.07, 6.45) is 3.09. The highest BCUT2D eigenvalue weighted by atomic mass is 16.5. The molecule has 0 unspecified atom stereocenters. The second kappa shape index (κ2) is 8.44. The molecule has 0 spiro atoms. The van der Waals surface area contributed by atoms with Gasteiger partial charge in [0.15, 0.2) is 5.78 Å². The molecule has 0 saturated carbocycles. The number of carbonyl (C=O) groups excluding carboxylic acids is 2. The van der Waals surface area contributed by atoms with Crippen molar-refractivity contribution < 1.29 is 14.3 Å². The van der Waals surface area contributed by atoms with Crippen LogP contribution in [0.1, 0.15) is 39.1 Å². The highest BCUT2D eigenvalue weighted by Gasteiger charge is 2.30. The Morgan fingerprint density at radius 1 is 1.13 bits per heavy atom. The van der Waals surface area contributed by atoms with E-state index in [0.717, 1.165) is 29.8 Å². The van der Waals surface area contributed by atoms with Gasteiger partial charge in [-0.25, -0.2) is 4.68 Å². The van der Waals surface area contributed by atoms with E-state index in [-0.39, 0.29) is 17.6 Å². The number of carbonyl (C=O) groups is 2. The fourth-order valence-corrected chi connectivity index (χ4v) is 3.85. The largest absolute Gasteiger partial charge is 0.497 e. The molecule has 4 rings (SSSR count). The fraction of sp³-hybridized carbons (Fsp3) is 0.318. The first-order chi connectivity index (χ1) is 14.6. The topological polar surface area (TPSA) is 90.2 Å². The number of ether oxygens (including phenoxy) is 1. The van der Waals surface area contributed by atoms with Gasteiger partial charge in [-0.2, -0.15) is 0 Å². The lowest BCUT2D eigenvalue weighted by molar-refractivity contribution is 0.0637. The van der Waals surface area contributed by atoms with Crippen molar-refractivity contribution in [2.45, 2.75) is 19.8 Å². The molecule has 2 aromatic carbocycles. The predicted octanol–water partition coefficient (Wildman–Crippen LogP) is 2.71. The van der Waals surface area contributed by atoms with Gasteiger partial charge < -0.3 is 9.64 Å². The smallest absolute Gasteiger partial charge is 0.253 e. The lowest BCUT2D eigenvalue weighted by Gasteiger charge is -2.32. The first kappa shape index (κ1) is 19.8. The average Bonchev–Trinajstić information content (AvgIpc) is 3.33. The molecule has 1 atom stereocenters. The standard InChI is InChI=1S/C22H23N5O3/c1-15-12-19(30-2)9-10-20(15)21(28)17-4-3-11-26(13-17)22(29)16-5-7-18(8-6-16)27-14-23-24-25-27/h5-10,12,14,17H,3-4,11,13H2,1-2H3/t17-/m1/s1. The maximum atomic E-state index is 13.1. The van der Waals surface area contributed by atoms with Gasteiger partial charge in [-0.15, -0.1) is 5.10 Å². The van der Waals surface area contributed by atoms with Crippen LogP contribution in [0.5, 0.6) is 5.75 Å². The molecule has 3 aromatic rings. The first-order valence-corrected chi connectivity index (χ1v) is 9.88. The molecule has 0 radical (unpaired) electrons. The van der Waals surface area contributed by atoms with E-state index < -0.39 is 0 Å². The van der Waals surface area contributed by atoms with Crippen molar-refractivity contribution in [1.82, 2.24) is 25.1 Å². The van der Waals surface area contributed by atoms with Gasteiger partial charge in [0.2, 0.25) is 0 Å². The number of amides is 1. The van der Waals surface area contributed by atoms with Crippen LogP contribution >= 0.6 is 0 Å². The van der Waals surface area contributed by atoms with Crippen LogP contribution < -0.4 is 4.74 Å². The Balaban J connectivity index is 1.47. The van der Waals surface area contributed by atoms with Crippen molar-refractivity contribution in [1.29, 1.82) is 0 Å². The molecule has 1 aliphatic rings. The van der Waals surface area contributed by atoms with E-state index >= 15 is 0 Å². The summed E-state index contributed by atoms with van der Waals surface area (Å²) in [4.78, 5) is 27.9. The van der Waals surface area contributed by atoms with Gasteiger partial charge in [-0.05, 0) is 78.2 Å². The lowest BCUT2D eigenvalue weighted by atomic mass is 9.88. The minimum Gasteiger partial charge on any atom is -0.497 e. The average molecular weight is 405 g/mol. The molecule has 1 saturated heterocycles. The van der Waals surface area contributed by atoms with Crippen LogP contribution in [-0.4, -0.2) is 57.0 Å². The minimum absolute atomic E-state index is 0.0674. The number of likely N-dealkylation sites (tertiary alicyclic amines) is 1. The summed E-state index contributed by atoms with van der Waals surface area (Å²) in [5.74, 6) is 0.550. The zero-order valence-corrected chi connectivity index (χ0v) is 17.0. The van der Waals surface area contributed by atoms with E-state index in [1.807, 2.05) is 19.1 Å². The summed E-state index contributed by atoms with van der Waals surface area (Å²) in [7, 11) is 1.61. The van der Waals surface area contributed by atoms with E-state index in [0.29, 0.717) is 24.2 Å². The third-order valence-corrected chi connectivity index (χ3v) is 5.51. The van der Waals surface area contributed by atoms with Gasteiger partial charge in [0.1, 0.15) is 12.1 Å². The number of aromatic nitrogens is 4. The second-order valence-corrected chi connectivity index (χ2v) is 7.44. The molecule has 0 N–H and O–H groups in total. The number of piperidine rings is 1. The molecular weight excluding hydrogens is 382 g/mol. The zero-order valence-electron chi connectivity index (χ0n) is 17.0. The van der Waals surface area contributed by atoms with Crippen molar-refractivity contribution in [2.75, 3.05) is 20.2 Å². The Kier molecular flexibility index (Phi) is 5.56. The van der Waals surface area contributed by atoms with Gasteiger partial charge in [-0.3, -0.25) is 9.59 Å². The number of rotatable bonds is 5. The maximum absolute atomic E-state index is 13.1. The van der Waals surface area contributed by atoms with Crippen molar-refractivity contribution in [2.24, 2.45) is 5.92 Å². The van der Waals surface area contributed by atoms with Crippen LogP contribution in [0.2, 0.25) is 0 Å². The van der Waals surface area contributed by atoms with Crippen LogP contribution in [0, 0.1) is 12.8 Å². The fourth-order valence-electron chi connectivity index (χ4n) is 3.85. The number of benzene rings is 2. The second-order valence-electron chi connectivity index (χ2n) is 7.44. The Hall–Kier alpha value is -3.55. The lowest BCUT2D eigenvalue weighted by Crippen LogP contribution is -2.42. The molecule has 1 fully saturated rings. The molecule has 0 bridgehead atoms. The van der Waals surface area contributed by atoms with Gasteiger partial charge in [-0.1, -0.05) is 0 Å². The summed E-state index contributed by atoms with van der Waals surface area (Å²) in [6, 6.07) is 12.6. The number of methoxy groups -OCH3 is 1. The summed E-state index contributed by atoms with van der Waals surface area (Å²) in [5, 5.41) is 11.1. The van der Waals surface area contributed by atoms with Crippen molar-refractivity contribution in [3.8, 4) is 11.4 Å². The number of tetrazole rings is 1. The van der Waals surface area contributed by atoms with Crippen molar-refractivity contribution >= 4 is 11.7 Å². The molecule has 2 heterocycles. The Morgan fingerprint density at radius 2 is 1.93 bits per heavy atom. The van der Waals surface area contributed by atoms with Crippen molar-refractivity contribution in [3.63, 3.8) is 0 Å². The molecule has 1 amide bonds. The van der Waals surface area contributed by atoms with Gasteiger partial charge >= 0.3 is 0 Å². The summed E-state index contributed by atoms with van der Waals surface area (Å²) >= 11 is 0. The monoisotopic (exact) mass is 405 g/mol. The molecule has 30 heavy (non-hydrogen) atoms. The van der Waals surface area contributed by atoms with Gasteiger partial charge in [0.25, 0.3) is 5.91 Å². The minimum atomic E-state index is -0.199. The Morgan fingerprint density at radius 3 is 2.60 bits per heavy atom. The normalized spacial score (nSPS) is 16.3. The van der Waals surface area contributed by atoms with E-state index in [2.05, 4.69) is 15.5 Å². The molecule has 8 nitrogen and oxygen atoms in total. The van der Waals surface area contributed by atoms with E-state index in [4.69, 9.17) is 4.74 Å². The van der Waals surface area contributed by atoms with Gasteiger partial charge in [0.05, 0.1) is 12.8 Å². The quantitative estimate of drug-likeness (QED) is 0.606. The first-order valence-electron chi connectivity index (χ1n) is 9.88.